The molecule has 0 fully saturated rings. The number of rotatable bonds is 54. The largest absolute Gasteiger partial charge is 0.394 e. The van der Waals surface area contributed by atoms with Gasteiger partial charge in [-0.3, -0.25) is 4.79 Å². The zero-order chi connectivity index (χ0) is 44.9. The molecule has 1 amide bonds. The molecule has 4 heteroatoms. The van der Waals surface area contributed by atoms with E-state index in [1.54, 1.807) is 6.08 Å². The predicted molar refractivity (Wildman–Crippen MR) is 276 cm³/mol. The summed E-state index contributed by atoms with van der Waals surface area (Å²) in [4.78, 5) is 12.4. The maximum absolute atomic E-state index is 12.4. The molecule has 0 radical (unpaired) electrons. The van der Waals surface area contributed by atoms with E-state index in [9.17, 15) is 15.0 Å². The third-order valence-corrected chi connectivity index (χ3v) is 13.8. The van der Waals surface area contributed by atoms with E-state index >= 15 is 0 Å². The summed E-state index contributed by atoms with van der Waals surface area (Å²) in [6.07, 6.45) is 71.0. The van der Waals surface area contributed by atoms with Crippen LogP contribution in [-0.2, 0) is 4.79 Å². The highest BCUT2D eigenvalue weighted by Crippen LogP contribution is 2.18. The number of carbonyl (C=O) groups excluding carboxylic acids is 1. The first-order valence-corrected chi connectivity index (χ1v) is 28.9. The summed E-state index contributed by atoms with van der Waals surface area (Å²) in [5.74, 6) is -0.0568. The molecule has 0 aliphatic heterocycles. The SMILES string of the molecule is CCCCCCCCCCCCCCCCCCCCCCCCCCCCCCCCC/C=C/C(O)C(CO)NC(=O)CCCCCCCCCCCCCCCCCCC. The molecule has 2 unspecified atom stereocenters. The molecule has 0 spiro atoms. The lowest BCUT2D eigenvalue weighted by Crippen LogP contribution is -2.45. The maximum atomic E-state index is 12.4. The van der Waals surface area contributed by atoms with Gasteiger partial charge in [-0.05, 0) is 19.3 Å². The summed E-state index contributed by atoms with van der Waals surface area (Å²) >= 11 is 0. The first-order chi connectivity index (χ1) is 30.7. The summed E-state index contributed by atoms with van der Waals surface area (Å²) in [6, 6.07) is -0.618. The van der Waals surface area contributed by atoms with Gasteiger partial charge in [0.1, 0.15) is 0 Å². The summed E-state index contributed by atoms with van der Waals surface area (Å²) in [7, 11) is 0. The van der Waals surface area contributed by atoms with Gasteiger partial charge in [0.25, 0.3) is 0 Å². The number of nitrogens with one attached hydrogen (secondary N) is 1. The van der Waals surface area contributed by atoms with Crippen LogP contribution in [0.25, 0.3) is 0 Å². The van der Waals surface area contributed by atoms with Gasteiger partial charge in [0.15, 0.2) is 0 Å². The second-order valence-electron chi connectivity index (χ2n) is 20.1. The molecule has 2 atom stereocenters. The number of aliphatic hydroxyl groups excluding tert-OH is 2. The third-order valence-electron chi connectivity index (χ3n) is 13.8. The van der Waals surface area contributed by atoms with Gasteiger partial charge >= 0.3 is 0 Å². The first kappa shape index (κ1) is 61.1. The van der Waals surface area contributed by atoms with Gasteiger partial charge in [0.2, 0.25) is 5.91 Å². The van der Waals surface area contributed by atoms with Crippen LogP contribution in [0.15, 0.2) is 12.2 Å². The van der Waals surface area contributed by atoms with Crippen molar-refractivity contribution < 1.29 is 15.0 Å². The molecule has 0 saturated carbocycles. The maximum Gasteiger partial charge on any atom is 0.220 e. The van der Waals surface area contributed by atoms with Crippen LogP contribution in [0.5, 0.6) is 0 Å². The average Bonchev–Trinajstić information content (AvgIpc) is 3.28. The number of hydrogen-bond acceptors (Lipinski definition) is 3. The normalized spacial score (nSPS) is 12.8. The second kappa shape index (κ2) is 54.5. The number of aliphatic hydroxyl groups is 2. The highest BCUT2D eigenvalue weighted by atomic mass is 16.3. The summed E-state index contributed by atoms with van der Waals surface area (Å²) in [6.45, 7) is 4.35. The summed E-state index contributed by atoms with van der Waals surface area (Å²) < 4.78 is 0. The van der Waals surface area contributed by atoms with E-state index in [0.717, 1.165) is 25.7 Å². The van der Waals surface area contributed by atoms with Gasteiger partial charge < -0.3 is 15.5 Å². The monoisotopic (exact) mass is 874 g/mol. The number of amides is 1. The fourth-order valence-electron chi connectivity index (χ4n) is 9.36. The van der Waals surface area contributed by atoms with Crippen molar-refractivity contribution in [3.63, 3.8) is 0 Å². The molecule has 0 aromatic rings. The van der Waals surface area contributed by atoms with E-state index in [2.05, 4.69) is 19.2 Å². The van der Waals surface area contributed by atoms with Crippen LogP contribution in [0.3, 0.4) is 0 Å². The van der Waals surface area contributed by atoms with Crippen molar-refractivity contribution in [3.8, 4) is 0 Å². The Morgan fingerprint density at radius 3 is 0.839 bits per heavy atom. The van der Waals surface area contributed by atoms with Crippen LogP contribution in [0.4, 0.5) is 0 Å². The lowest BCUT2D eigenvalue weighted by molar-refractivity contribution is -0.123. The number of allylic oxidation sites excluding steroid dienone is 1. The Hall–Kier alpha value is -0.870. The molecular weight excluding hydrogens is 759 g/mol. The average molecular weight is 875 g/mol. The summed E-state index contributed by atoms with van der Waals surface area (Å²) in [5, 5.41) is 23.2. The topological polar surface area (TPSA) is 69.6 Å². The van der Waals surface area contributed by atoms with Gasteiger partial charge in [0.05, 0.1) is 18.8 Å². The Bertz CT molecular complexity index is 860. The highest BCUT2D eigenvalue weighted by Gasteiger charge is 2.18. The summed E-state index contributed by atoms with van der Waals surface area (Å²) in [5.41, 5.74) is 0. The molecule has 370 valence electrons. The number of carbonyl (C=O) groups is 1. The van der Waals surface area contributed by atoms with Crippen molar-refractivity contribution in [3.05, 3.63) is 12.2 Å². The van der Waals surface area contributed by atoms with Gasteiger partial charge in [-0.1, -0.05) is 321 Å². The quantitative estimate of drug-likeness (QED) is 0.0421. The minimum atomic E-state index is -0.835. The first-order valence-electron chi connectivity index (χ1n) is 28.9. The number of hydrogen-bond donors (Lipinski definition) is 3. The Kier molecular flexibility index (Phi) is 53.7. The smallest absolute Gasteiger partial charge is 0.220 e. The van der Waals surface area contributed by atoms with Crippen molar-refractivity contribution in [1.29, 1.82) is 0 Å². The van der Waals surface area contributed by atoms with Crippen LogP contribution in [-0.4, -0.2) is 34.9 Å². The van der Waals surface area contributed by atoms with E-state index < -0.39 is 12.1 Å². The molecule has 0 saturated heterocycles. The van der Waals surface area contributed by atoms with Crippen LogP contribution in [0.2, 0.25) is 0 Å². The lowest BCUT2D eigenvalue weighted by Gasteiger charge is -2.20. The fraction of sp³-hybridized carbons (Fsp3) is 0.948. The van der Waals surface area contributed by atoms with E-state index in [4.69, 9.17) is 0 Å². The van der Waals surface area contributed by atoms with Crippen molar-refractivity contribution in [1.82, 2.24) is 5.32 Å². The van der Waals surface area contributed by atoms with Gasteiger partial charge in [-0.25, -0.2) is 0 Å². The van der Waals surface area contributed by atoms with Gasteiger partial charge in [0, 0.05) is 6.42 Å². The van der Waals surface area contributed by atoms with Crippen LogP contribution < -0.4 is 5.32 Å². The molecule has 0 rings (SSSR count). The van der Waals surface area contributed by atoms with Crippen molar-refractivity contribution in [2.24, 2.45) is 0 Å². The van der Waals surface area contributed by atoms with Gasteiger partial charge in [-0.2, -0.15) is 0 Å². The number of unbranched alkanes of at least 4 members (excludes halogenated alkanes) is 47. The van der Waals surface area contributed by atoms with Gasteiger partial charge in [-0.15, -0.1) is 0 Å². The van der Waals surface area contributed by atoms with Crippen molar-refractivity contribution in [2.45, 2.75) is 347 Å². The molecule has 0 aliphatic rings. The predicted octanol–water partition coefficient (Wildman–Crippen LogP) is 18.9. The zero-order valence-electron chi connectivity index (χ0n) is 42.7. The Labute approximate surface area is 390 Å². The molecule has 62 heavy (non-hydrogen) atoms. The Morgan fingerprint density at radius 1 is 0.371 bits per heavy atom. The minimum absolute atomic E-state index is 0.0568. The van der Waals surface area contributed by atoms with E-state index in [1.165, 1.54) is 289 Å². The van der Waals surface area contributed by atoms with E-state index in [0.29, 0.717) is 6.42 Å². The fourth-order valence-corrected chi connectivity index (χ4v) is 9.36. The lowest BCUT2D eigenvalue weighted by atomic mass is 10.0. The highest BCUT2D eigenvalue weighted by molar-refractivity contribution is 5.76. The molecule has 0 aliphatic carbocycles. The third kappa shape index (κ3) is 50.1. The van der Waals surface area contributed by atoms with Crippen molar-refractivity contribution >= 4 is 5.91 Å². The van der Waals surface area contributed by atoms with E-state index in [-0.39, 0.29) is 12.5 Å². The molecule has 0 aromatic heterocycles. The zero-order valence-corrected chi connectivity index (χ0v) is 42.7. The molecule has 0 aromatic carbocycles. The van der Waals surface area contributed by atoms with Crippen LogP contribution in [0.1, 0.15) is 335 Å². The molecule has 0 bridgehead atoms. The molecular formula is C58H115NO3. The Morgan fingerprint density at radius 2 is 0.597 bits per heavy atom. The van der Waals surface area contributed by atoms with Crippen molar-refractivity contribution in [2.75, 3.05) is 6.61 Å². The minimum Gasteiger partial charge on any atom is -0.394 e. The molecule has 0 heterocycles. The molecule has 4 nitrogen and oxygen atoms in total. The standard InChI is InChI=1S/C58H115NO3/c1-3-5-7-9-11-13-15-17-19-21-22-23-24-25-26-27-28-29-30-31-32-33-34-35-36-38-39-41-43-45-47-49-51-53-57(61)56(55-60)59-58(62)54-52-50-48-46-44-42-40-37-20-18-16-14-12-10-8-6-4-2/h51,53,56-57,60-61H,3-50,52,54-55H2,1-2H3,(H,59,62)/b53-51+. The Balaban J connectivity index is 3.41. The van der Waals surface area contributed by atoms with Crippen LogP contribution >= 0.6 is 0 Å². The second-order valence-corrected chi connectivity index (χ2v) is 20.1. The van der Waals surface area contributed by atoms with Crippen LogP contribution in [0, 0.1) is 0 Å². The molecule has 3 N–H and O–H groups in total. The van der Waals surface area contributed by atoms with E-state index in [1.807, 2.05) is 6.08 Å².